The maximum absolute atomic E-state index is 13.6. The predicted octanol–water partition coefficient (Wildman–Crippen LogP) is 3.97. The third kappa shape index (κ3) is 7.09. The topological polar surface area (TPSA) is 121 Å². The first-order valence-corrected chi connectivity index (χ1v) is 16.6. The molecule has 3 aromatic carbocycles. The second-order valence-corrected chi connectivity index (χ2v) is 14.0. The third-order valence-corrected chi connectivity index (χ3v) is 10.3. The summed E-state index contributed by atoms with van der Waals surface area (Å²) in [6, 6.07) is 17.0. The van der Waals surface area contributed by atoms with Gasteiger partial charge in [0.15, 0.2) is 0 Å². The van der Waals surface area contributed by atoms with Crippen molar-refractivity contribution in [2.75, 3.05) is 32.1 Å². The Morgan fingerprint density at radius 1 is 1.15 bits per heavy atom. The first-order valence-electron chi connectivity index (χ1n) is 15.1. The van der Waals surface area contributed by atoms with E-state index in [4.69, 9.17) is 4.74 Å². The molecule has 2 amide bonds. The van der Waals surface area contributed by atoms with Crippen LogP contribution in [0.25, 0.3) is 10.9 Å². The number of aliphatic hydroxyl groups excluding tert-OH is 1. The summed E-state index contributed by atoms with van der Waals surface area (Å²) in [6.45, 7) is 3.52. The fourth-order valence-corrected chi connectivity index (χ4v) is 6.99. The Morgan fingerprint density at radius 2 is 1.87 bits per heavy atom. The summed E-state index contributed by atoms with van der Waals surface area (Å²) in [6.07, 6.45) is 1.36. The van der Waals surface area contributed by atoms with E-state index in [0.717, 1.165) is 32.9 Å². The van der Waals surface area contributed by atoms with Crippen molar-refractivity contribution in [2.24, 2.45) is 13.0 Å². The number of hydrogen-bond acceptors (Lipinski definition) is 6. The van der Waals surface area contributed by atoms with E-state index in [2.05, 4.69) is 5.32 Å². The highest BCUT2D eigenvalue weighted by molar-refractivity contribution is 7.89. The minimum atomic E-state index is -3.97. The van der Waals surface area contributed by atoms with Crippen LogP contribution in [0, 0.1) is 11.7 Å². The van der Waals surface area contributed by atoms with Gasteiger partial charge < -0.3 is 24.6 Å². The molecule has 244 valence electrons. The van der Waals surface area contributed by atoms with Crippen LogP contribution in [0.2, 0.25) is 0 Å². The zero-order chi connectivity index (χ0) is 33.2. The smallest absolute Gasteiger partial charge is 0.242 e. The monoisotopic (exact) mass is 650 g/mol. The highest BCUT2D eigenvalue weighted by Gasteiger charge is 2.33. The SMILES string of the molecule is C[C@H](CO)N1C[C@H](C)[C@H](CN(C)S(=O)(=O)c2ccc(F)cc2)Oc2ccc(NC(=O)Cc3cn(C)c4ccccc34)cc2CC1=O. The minimum Gasteiger partial charge on any atom is -0.488 e. The molecular weight excluding hydrogens is 611 g/mol. The number of amides is 2. The molecule has 46 heavy (non-hydrogen) atoms. The van der Waals surface area contributed by atoms with E-state index in [1.807, 2.05) is 49.0 Å². The molecule has 3 atom stereocenters. The number of benzene rings is 3. The number of para-hydroxylation sites is 1. The number of ether oxygens (including phenoxy) is 1. The van der Waals surface area contributed by atoms with Crippen LogP contribution in [0.15, 0.2) is 77.8 Å². The molecule has 5 rings (SSSR count). The van der Waals surface area contributed by atoms with E-state index in [9.17, 15) is 27.5 Å². The molecule has 0 saturated carbocycles. The zero-order valence-electron chi connectivity index (χ0n) is 26.3. The Hall–Kier alpha value is -4.26. The number of rotatable bonds is 9. The van der Waals surface area contributed by atoms with Gasteiger partial charge in [-0.05, 0) is 61.0 Å². The molecule has 0 saturated heterocycles. The van der Waals surface area contributed by atoms with Gasteiger partial charge in [-0.1, -0.05) is 25.1 Å². The lowest BCUT2D eigenvalue weighted by Gasteiger charge is -2.33. The lowest BCUT2D eigenvalue weighted by atomic mass is 10.0. The number of aliphatic hydroxyl groups is 1. The van der Waals surface area contributed by atoms with Gasteiger partial charge in [-0.2, -0.15) is 4.31 Å². The first-order chi connectivity index (χ1) is 21.9. The number of carbonyl (C=O) groups is 2. The molecule has 0 radical (unpaired) electrons. The van der Waals surface area contributed by atoms with Crippen molar-refractivity contribution in [3.05, 3.63) is 89.9 Å². The van der Waals surface area contributed by atoms with Crippen molar-refractivity contribution < 1.29 is 32.2 Å². The van der Waals surface area contributed by atoms with E-state index >= 15 is 0 Å². The van der Waals surface area contributed by atoms with Crippen LogP contribution in [-0.2, 0) is 39.5 Å². The summed E-state index contributed by atoms with van der Waals surface area (Å²) in [7, 11) is -0.612. The molecule has 4 aromatic rings. The van der Waals surface area contributed by atoms with Crippen LogP contribution >= 0.6 is 0 Å². The lowest BCUT2D eigenvalue weighted by Crippen LogP contribution is -2.48. The van der Waals surface area contributed by atoms with Crippen LogP contribution in [0.4, 0.5) is 10.1 Å². The Bertz CT molecular complexity index is 1840. The van der Waals surface area contributed by atoms with E-state index in [1.165, 1.54) is 19.2 Å². The fourth-order valence-electron chi connectivity index (χ4n) is 5.81. The molecule has 2 heterocycles. The van der Waals surface area contributed by atoms with Crippen molar-refractivity contribution in [1.82, 2.24) is 13.8 Å². The molecule has 2 N–H and O–H groups in total. The highest BCUT2D eigenvalue weighted by Crippen LogP contribution is 2.30. The second-order valence-electron chi connectivity index (χ2n) is 12.0. The van der Waals surface area contributed by atoms with Crippen molar-refractivity contribution in [3.63, 3.8) is 0 Å². The van der Waals surface area contributed by atoms with Gasteiger partial charge in [-0.25, -0.2) is 12.8 Å². The average molecular weight is 651 g/mol. The second kappa shape index (κ2) is 13.6. The summed E-state index contributed by atoms with van der Waals surface area (Å²) in [4.78, 5) is 28.2. The number of fused-ring (bicyclic) bond motifs is 2. The van der Waals surface area contributed by atoms with E-state index in [-0.39, 0.29) is 55.2 Å². The maximum Gasteiger partial charge on any atom is 0.242 e. The molecule has 10 nitrogen and oxygen atoms in total. The Balaban J connectivity index is 1.41. The number of hydrogen-bond donors (Lipinski definition) is 2. The number of nitrogens with zero attached hydrogens (tertiary/aromatic N) is 3. The number of aryl methyl sites for hydroxylation is 1. The number of aromatic nitrogens is 1. The standard InChI is InChI=1S/C34H39FN4O6S/c1-22-18-39(23(2)21-40)34(42)17-24-15-27(36-33(41)16-25-19-37(3)30-8-6-5-7-29(25)30)11-14-31(24)45-32(22)20-38(4)46(43,44)28-12-9-26(35)10-13-28/h5-15,19,22-23,32,40H,16-18,20-21H2,1-4H3,(H,36,41)/t22-,23+,32-/m0/s1. The molecule has 0 bridgehead atoms. The van der Waals surface area contributed by atoms with Crippen LogP contribution in [0.5, 0.6) is 5.75 Å². The number of likely N-dealkylation sites (N-methyl/N-ethyl adjacent to an activating group) is 1. The Labute approximate surface area is 268 Å². The predicted molar refractivity (Wildman–Crippen MR) is 173 cm³/mol. The number of carbonyl (C=O) groups excluding carboxylic acids is 2. The molecule has 0 spiro atoms. The highest BCUT2D eigenvalue weighted by atomic mass is 32.2. The van der Waals surface area contributed by atoms with Crippen LogP contribution < -0.4 is 10.1 Å². The first kappa shape index (κ1) is 33.1. The number of halogens is 1. The van der Waals surface area contributed by atoms with Gasteiger partial charge in [-0.3, -0.25) is 9.59 Å². The molecular formula is C34H39FN4O6S. The van der Waals surface area contributed by atoms with Crippen LogP contribution in [0.1, 0.15) is 25.0 Å². The van der Waals surface area contributed by atoms with Crippen LogP contribution in [0.3, 0.4) is 0 Å². The summed E-state index contributed by atoms with van der Waals surface area (Å²) >= 11 is 0. The van der Waals surface area contributed by atoms with Gasteiger partial charge in [-0.15, -0.1) is 0 Å². The molecule has 0 unspecified atom stereocenters. The number of anilines is 1. The lowest BCUT2D eigenvalue weighted by molar-refractivity contribution is -0.134. The average Bonchev–Trinajstić information content (AvgIpc) is 3.35. The summed E-state index contributed by atoms with van der Waals surface area (Å²) in [5.41, 5.74) is 2.93. The van der Waals surface area contributed by atoms with Gasteiger partial charge in [0.25, 0.3) is 0 Å². The molecule has 0 fully saturated rings. The Morgan fingerprint density at radius 3 is 2.59 bits per heavy atom. The van der Waals surface area contributed by atoms with E-state index < -0.39 is 28.0 Å². The molecule has 12 heteroatoms. The van der Waals surface area contributed by atoms with Crippen molar-refractivity contribution in [2.45, 2.75) is 43.7 Å². The third-order valence-electron chi connectivity index (χ3n) is 8.49. The van der Waals surface area contributed by atoms with Crippen molar-refractivity contribution in [1.29, 1.82) is 0 Å². The number of nitrogens with one attached hydrogen (secondary N) is 1. The largest absolute Gasteiger partial charge is 0.488 e. The van der Waals surface area contributed by atoms with Gasteiger partial charge in [0.05, 0.1) is 36.9 Å². The number of sulfonamides is 1. The van der Waals surface area contributed by atoms with Crippen LogP contribution in [-0.4, -0.2) is 78.0 Å². The van der Waals surface area contributed by atoms with E-state index in [1.54, 1.807) is 30.0 Å². The maximum atomic E-state index is 13.6. The summed E-state index contributed by atoms with van der Waals surface area (Å²) < 4.78 is 49.7. The quantitative estimate of drug-likeness (QED) is 0.283. The normalized spacial score (nSPS) is 18.0. The van der Waals surface area contributed by atoms with Gasteiger partial charge in [0.1, 0.15) is 17.7 Å². The molecule has 1 aliphatic heterocycles. The minimum absolute atomic E-state index is 0.0458. The zero-order valence-corrected chi connectivity index (χ0v) is 27.1. The van der Waals surface area contributed by atoms with Crippen molar-refractivity contribution in [3.8, 4) is 5.75 Å². The van der Waals surface area contributed by atoms with Gasteiger partial charge >= 0.3 is 0 Å². The fraction of sp³-hybridized carbons (Fsp3) is 0.353. The Kier molecular flexibility index (Phi) is 9.80. The van der Waals surface area contributed by atoms with Gasteiger partial charge in [0.2, 0.25) is 21.8 Å². The van der Waals surface area contributed by atoms with Crippen molar-refractivity contribution >= 4 is 38.4 Å². The molecule has 1 aromatic heterocycles. The van der Waals surface area contributed by atoms with Gasteiger partial charge in [0, 0.05) is 54.9 Å². The molecule has 0 aliphatic carbocycles. The van der Waals surface area contributed by atoms with E-state index in [0.29, 0.717) is 17.0 Å². The molecule has 1 aliphatic rings. The summed E-state index contributed by atoms with van der Waals surface area (Å²) in [5, 5.41) is 13.9. The summed E-state index contributed by atoms with van der Waals surface area (Å²) in [5.74, 6) is -0.942.